The molecule has 0 saturated carbocycles. The van der Waals surface area contributed by atoms with Crippen molar-refractivity contribution >= 4 is 0 Å². The van der Waals surface area contributed by atoms with E-state index in [9.17, 15) is 0 Å². The van der Waals surface area contributed by atoms with E-state index in [1.54, 1.807) is 0 Å². The summed E-state index contributed by atoms with van der Waals surface area (Å²) in [7, 11) is 0. The molecule has 0 N–H and O–H groups in total. The molecule has 2 aromatic carbocycles. The Morgan fingerprint density at radius 1 is 0.812 bits per heavy atom. The third kappa shape index (κ3) is 3.54. The molecule has 0 amide bonds. The quantitative estimate of drug-likeness (QED) is 0.700. The minimum Gasteiger partial charge on any atom is -0.344 e. The largest absolute Gasteiger partial charge is 2.00 e. The molecule has 0 aliphatic rings. The summed E-state index contributed by atoms with van der Waals surface area (Å²) in [5, 5.41) is 0. The van der Waals surface area contributed by atoms with Crippen molar-refractivity contribution < 1.29 is 21.1 Å². The maximum Gasteiger partial charge on any atom is 2.00 e. The molecule has 1 heteroatoms. The van der Waals surface area contributed by atoms with Crippen LogP contribution >= 0.6 is 0 Å². The van der Waals surface area contributed by atoms with Crippen LogP contribution in [0.2, 0.25) is 0 Å². The van der Waals surface area contributed by atoms with Gasteiger partial charge in [-0.15, -0.1) is 12.1 Å². The molecule has 0 saturated heterocycles. The Morgan fingerprint density at radius 2 is 1.31 bits per heavy atom. The Kier molecular flexibility index (Phi) is 5.35. The first kappa shape index (κ1) is 13.1. The van der Waals surface area contributed by atoms with Gasteiger partial charge in [0.05, 0.1) is 0 Å². The molecular formula is C15H14Pt. The number of hydrogen-bond donors (Lipinski definition) is 0. The maximum atomic E-state index is 4.15. The van der Waals surface area contributed by atoms with Gasteiger partial charge in [-0.2, -0.15) is 23.6 Å². The van der Waals surface area contributed by atoms with Crippen LogP contribution in [-0.4, -0.2) is 0 Å². The first-order valence-electron chi connectivity index (χ1n) is 5.14. The molecule has 0 fully saturated rings. The van der Waals surface area contributed by atoms with E-state index in [0.29, 0.717) is 0 Å². The Morgan fingerprint density at radius 3 is 1.88 bits per heavy atom. The standard InChI is InChI=1S/C15H14.Pt/c1-13(15-10-6-3-7-11-15)12-14-8-4-2-5-9-14;/h2-13H,1H2;/q-2;+2/t13-;/m1./s1. The van der Waals surface area contributed by atoms with E-state index in [0.717, 1.165) is 0 Å². The third-order valence-electron chi connectivity index (χ3n) is 2.42. The van der Waals surface area contributed by atoms with Crippen LogP contribution in [0.1, 0.15) is 17.0 Å². The average Bonchev–Trinajstić information content (AvgIpc) is 2.31. The summed E-state index contributed by atoms with van der Waals surface area (Å²) >= 11 is 0. The van der Waals surface area contributed by atoms with Gasteiger partial charge >= 0.3 is 21.1 Å². The van der Waals surface area contributed by atoms with E-state index in [1.165, 1.54) is 11.1 Å². The van der Waals surface area contributed by atoms with Gasteiger partial charge in [-0.25, -0.2) is 6.42 Å². The minimum atomic E-state index is 0. The van der Waals surface area contributed by atoms with Gasteiger partial charge in [-0.3, -0.25) is 0 Å². The van der Waals surface area contributed by atoms with Gasteiger partial charge < -0.3 is 6.92 Å². The molecule has 16 heavy (non-hydrogen) atoms. The van der Waals surface area contributed by atoms with Gasteiger partial charge in [-0.1, -0.05) is 42.0 Å². The van der Waals surface area contributed by atoms with Gasteiger partial charge in [-0.05, 0) is 0 Å². The zero-order chi connectivity index (χ0) is 10.5. The van der Waals surface area contributed by atoms with E-state index >= 15 is 0 Å². The molecule has 2 aromatic rings. The van der Waals surface area contributed by atoms with Crippen LogP contribution in [0.25, 0.3) is 0 Å². The van der Waals surface area contributed by atoms with Gasteiger partial charge in [0.2, 0.25) is 0 Å². The molecule has 0 aromatic heterocycles. The summed E-state index contributed by atoms with van der Waals surface area (Å²) in [4.78, 5) is 0. The van der Waals surface area contributed by atoms with Gasteiger partial charge in [0.25, 0.3) is 0 Å². The topological polar surface area (TPSA) is 0 Å². The summed E-state index contributed by atoms with van der Waals surface area (Å²) in [5.74, 6) is 0.216. The normalized spacial score (nSPS) is 11.3. The van der Waals surface area contributed by atoms with Gasteiger partial charge in [0.1, 0.15) is 0 Å². The second-order valence-electron chi connectivity index (χ2n) is 3.59. The molecule has 84 valence electrons. The molecule has 0 heterocycles. The van der Waals surface area contributed by atoms with E-state index < -0.39 is 0 Å². The molecular weight excluding hydrogens is 375 g/mol. The van der Waals surface area contributed by atoms with Crippen LogP contribution < -0.4 is 0 Å². The van der Waals surface area contributed by atoms with Crippen LogP contribution in [0.4, 0.5) is 0 Å². The minimum absolute atomic E-state index is 0. The van der Waals surface area contributed by atoms with Crippen molar-refractivity contribution in [2.45, 2.75) is 5.92 Å². The van der Waals surface area contributed by atoms with Gasteiger partial charge in [0.15, 0.2) is 0 Å². The fourth-order valence-electron chi connectivity index (χ4n) is 1.59. The first-order chi connectivity index (χ1) is 7.36. The summed E-state index contributed by atoms with van der Waals surface area (Å²) < 4.78 is 0. The molecule has 0 aliphatic heterocycles. The molecule has 0 bridgehead atoms. The van der Waals surface area contributed by atoms with Crippen molar-refractivity contribution in [2.75, 3.05) is 0 Å². The van der Waals surface area contributed by atoms with E-state index in [1.807, 2.05) is 36.4 Å². The fraction of sp³-hybridized carbons (Fsp3) is 0.0667. The smallest absolute Gasteiger partial charge is 0.344 e. The van der Waals surface area contributed by atoms with E-state index in [2.05, 4.69) is 37.6 Å². The fourth-order valence-corrected chi connectivity index (χ4v) is 1.59. The summed E-state index contributed by atoms with van der Waals surface area (Å²) in [6.45, 7) is 4.15. The molecule has 0 radical (unpaired) electrons. The summed E-state index contributed by atoms with van der Waals surface area (Å²) in [5.41, 5.74) is 2.47. The molecule has 1 atom stereocenters. The van der Waals surface area contributed by atoms with Crippen LogP contribution in [-0.2, 0) is 21.1 Å². The Labute approximate surface area is 112 Å². The first-order valence-corrected chi connectivity index (χ1v) is 5.14. The van der Waals surface area contributed by atoms with Crippen molar-refractivity contribution in [2.24, 2.45) is 0 Å². The Balaban J connectivity index is 0.00000128. The third-order valence-corrected chi connectivity index (χ3v) is 2.42. The zero-order valence-corrected chi connectivity index (χ0v) is 11.2. The molecule has 2 rings (SSSR count). The van der Waals surface area contributed by atoms with E-state index in [4.69, 9.17) is 0 Å². The molecule has 0 nitrogen and oxygen atoms in total. The molecule has 0 unspecified atom stereocenters. The van der Waals surface area contributed by atoms with Crippen LogP contribution in [0, 0.1) is 13.3 Å². The summed E-state index contributed by atoms with van der Waals surface area (Å²) in [6, 6.07) is 20.7. The van der Waals surface area contributed by atoms with Crippen molar-refractivity contribution in [1.29, 1.82) is 0 Å². The van der Waals surface area contributed by atoms with Crippen molar-refractivity contribution in [3.8, 4) is 0 Å². The predicted molar refractivity (Wildman–Crippen MR) is 64.4 cm³/mol. The zero-order valence-electron chi connectivity index (χ0n) is 8.95. The van der Waals surface area contributed by atoms with Crippen LogP contribution in [0.5, 0.6) is 0 Å². The molecule has 0 spiro atoms. The van der Waals surface area contributed by atoms with Crippen molar-refractivity contribution in [3.63, 3.8) is 0 Å². The van der Waals surface area contributed by atoms with Crippen molar-refractivity contribution in [1.82, 2.24) is 0 Å². The number of benzene rings is 2. The van der Waals surface area contributed by atoms with Gasteiger partial charge in [0, 0.05) is 0 Å². The Hall–Kier alpha value is -1.00. The summed E-state index contributed by atoms with van der Waals surface area (Å²) in [6.07, 6.45) is 2.18. The maximum absolute atomic E-state index is 4.15. The van der Waals surface area contributed by atoms with Crippen LogP contribution in [0.15, 0.2) is 60.7 Å². The SMILES string of the molecule is [CH2-][C@H]([CH-]c1ccccc1)c1ccccc1.[Pt+2]. The average molecular weight is 389 g/mol. The van der Waals surface area contributed by atoms with Crippen molar-refractivity contribution in [3.05, 3.63) is 85.1 Å². The Bertz CT molecular complexity index is 394. The van der Waals surface area contributed by atoms with Crippen LogP contribution in [0.3, 0.4) is 0 Å². The van der Waals surface area contributed by atoms with E-state index in [-0.39, 0.29) is 27.0 Å². The number of hydrogen-bond acceptors (Lipinski definition) is 0. The monoisotopic (exact) mass is 389 g/mol. The second kappa shape index (κ2) is 6.55. The second-order valence-corrected chi connectivity index (χ2v) is 3.59. The predicted octanol–water partition coefficient (Wildman–Crippen LogP) is 3.85. The molecule has 0 aliphatic carbocycles. The number of rotatable bonds is 3.